The summed E-state index contributed by atoms with van der Waals surface area (Å²) in [6.07, 6.45) is 3.36. The van der Waals surface area contributed by atoms with Gasteiger partial charge in [-0.3, -0.25) is 4.79 Å². The van der Waals surface area contributed by atoms with Crippen molar-refractivity contribution >= 4 is 17.5 Å². The topological polar surface area (TPSA) is 65.2 Å². The van der Waals surface area contributed by atoms with E-state index in [1.165, 1.54) is 29.3 Å². The molecule has 1 aromatic heterocycles. The highest BCUT2D eigenvalue weighted by Gasteiger charge is 2.17. The summed E-state index contributed by atoms with van der Waals surface area (Å²) in [6.45, 7) is 2.48. The molecule has 0 fully saturated rings. The molecule has 0 saturated carbocycles. The smallest absolute Gasteiger partial charge is 0.277 e. The van der Waals surface area contributed by atoms with E-state index in [1.807, 2.05) is 43.3 Å². The number of thioether (sulfide) groups is 1. The second-order valence-electron chi connectivity index (χ2n) is 6.35. The maximum Gasteiger partial charge on any atom is 0.277 e. The fraction of sp³-hybridized carbons (Fsp3) is 0.286. The van der Waals surface area contributed by atoms with Crippen molar-refractivity contribution in [1.29, 1.82) is 0 Å². The molecule has 3 aromatic rings. The van der Waals surface area contributed by atoms with Gasteiger partial charge in [0.1, 0.15) is 5.75 Å². The van der Waals surface area contributed by atoms with E-state index in [4.69, 9.17) is 9.15 Å². The van der Waals surface area contributed by atoms with Gasteiger partial charge in [0, 0.05) is 5.56 Å². The SMILES string of the molecule is CCOc1ccccc1-c1nnc(SCC(=O)c2ccc3c(c2)CCC3)o1. The van der Waals surface area contributed by atoms with Crippen LogP contribution in [0.4, 0.5) is 0 Å². The van der Waals surface area contributed by atoms with Gasteiger partial charge in [-0.15, -0.1) is 10.2 Å². The first-order chi connectivity index (χ1) is 13.2. The number of para-hydroxylation sites is 1. The first-order valence-electron chi connectivity index (χ1n) is 9.08. The van der Waals surface area contributed by atoms with E-state index in [0.717, 1.165) is 24.0 Å². The number of nitrogens with zero attached hydrogens (tertiary/aromatic N) is 2. The minimum Gasteiger partial charge on any atom is -0.493 e. The quantitative estimate of drug-likeness (QED) is 0.441. The van der Waals surface area contributed by atoms with Gasteiger partial charge in [-0.25, -0.2) is 0 Å². The van der Waals surface area contributed by atoms with Crippen LogP contribution in [-0.2, 0) is 12.8 Å². The number of hydrogen-bond acceptors (Lipinski definition) is 6. The third-order valence-electron chi connectivity index (χ3n) is 4.57. The van der Waals surface area contributed by atoms with Crippen LogP contribution in [0.25, 0.3) is 11.5 Å². The predicted octanol–water partition coefficient (Wildman–Crippen LogP) is 4.60. The molecule has 0 saturated heterocycles. The van der Waals surface area contributed by atoms with Crippen molar-refractivity contribution in [3.8, 4) is 17.2 Å². The number of benzene rings is 2. The maximum atomic E-state index is 12.5. The molecule has 138 valence electrons. The summed E-state index contributed by atoms with van der Waals surface area (Å²) in [5.74, 6) is 1.44. The highest BCUT2D eigenvalue weighted by molar-refractivity contribution is 7.99. The van der Waals surface area contributed by atoms with Gasteiger partial charge in [0.25, 0.3) is 11.1 Å². The van der Waals surface area contributed by atoms with Crippen LogP contribution in [-0.4, -0.2) is 28.3 Å². The molecule has 0 aliphatic heterocycles. The van der Waals surface area contributed by atoms with E-state index in [2.05, 4.69) is 16.3 Å². The number of aryl methyl sites for hydroxylation is 2. The van der Waals surface area contributed by atoms with Gasteiger partial charge in [0.05, 0.1) is 17.9 Å². The number of ketones is 1. The Balaban J connectivity index is 1.43. The van der Waals surface area contributed by atoms with Crippen LogP contribution in [0.15, 0.2) is 52.1 Å². The molecule has 0 unspecified atom stereocenters. The second-order valence-corrected chi connectivity index (χ2v) is 7.28. The molecule has 0 amide bonds. The average Bonchev–Trinajstić information content (AvgIpc) is 3.35. The van der Waals surface area contributed by atoms with Gasteiger partial charge >= 0.3 is 0 Å². The highest BCUT2D eigenvalue weighted by atomic mass is 32.2. The summed E-state index contributed by atoms with van der Waals surface area (Å²) < 4.78 is 11.3. The number of hydrogen-bond donors (Lipinski definition) is 0. The largest absolute Gasteiger partial charge is 0.493 e. The van der Waals surface area contributed by atoms with Crippen molar-refractivity contribution in [2.75, 3.05) is 12.4 Å². The lowest BCUT2D eigenvalue weighted by Crippen LogP contribution is -2.03. The molecule has 6 heteroatoms. The molecule has 0 radical (unpaired) electrons. The van der Waals surface area contributed by atoms with Crippen LogP contribution in [0.1, 0.15) is 34.8 Å². The Hall–Kier alpha value is -2.60. The molecule has 0 atom stereocenters. The molecular weight excluding hydrogens is 360 g/mol. The Morgan fingerprint density at radius 2 is 2.00 bits per heavy atom. The number of ether oxygens (including phenoxy) is 1. The zero-order valence-corrected chi connectivity index (χ0v) is 15.9. The summed E-state index contributed by atoms with van der Waals surface area (Å²) in [4.78, 5) is 12.5. The van der Waals surface area contributed by atoms with E-state index in [9.17, 15) is 4.79 Å². The van der Waals surface area contributed by atoms with Crippen LogP contribution in [0, 0.1) is 0 Å². The van der Waals surface area contributed by atoms with E-state index >= 15 is 0 Å². The van der Waals surface area contributed by atoms with Crippen molar-refractivity contribution in [1.82, 2.24) is 10.2 Å². The third-order valence-corrected chi connectivity index (χ3v) is 5.39. The number of aromatic nitrogens is 2. The van der Waals surface area contributed by atoms with Crippen molar-refractivity contribution in [2.45, 2.75) is 31.4 Å². The zero-order chi connectivity index (χ0) is 18.6. The molecule has 1 heterocycles. The Morgan fingerprint density at radius 1 is 1.15 bits per heavy atom. The molecule has 0 bridgehead atoms. The number of rotatable bonds is 7. The minimum absolute atomic E-state index is 0.0733. The summed E-state index contributed by atoms with van der Waals surface area (Å²) in [7, 11) is 0. The third kappa shape index (κ3) is 3.90. The molecule has 0 spiro atoms. The molecule has 1 aliphatic carbocycles. The fourth-order valence-electron chi connectivity index (χ4n) is 3.26. The minimum atomic E-state index is 0.0733. The van der Waals surface area contributed by atoms with Crippen molar-refractivity contribution in [2.24, 2.45) is 0 Å². The Kier molecular flexibility index (Phi) is 5.25. The summed E-state index contributed by atoms with van der Waals surface area (Å²) >= 11 is 1.26. The lowest BCUT2D eigenvalue weighted by atomic mass is 10.0. The standard InChI is InChI=1S/C21H20N2O3S/c1-2-25-19-9-4-3-8-17(19)20-22-23-21(26-20)27-13-18(24)16-11-10-14-6-5-7-15(14)12-16/h3-4,8-12H,2,5-7,13H2,1H3. The summed E-state index contributed by atoms with van der Waals surface area (Å²) in [5, 5.41) is 8.53. The number of Topliss-reactive ketones (excluding diaryl/α,β-unsaturated/α-hetero) is 1. The van der Waals surface area contributed by atoms with E-state index < -0.39 is 0 Å². The fourth-order valence-corrected chi connectivity index (χ4v) is 3.92. The molecular formula is C21H20N2O3S. The highest BCUT2D eigenvalue weighted by Crippen LogP contribution is 2.31. The molecule has 1 aliphatic rings. The van der Waals surface area contributed by atoms with E-state index in [1.54, 1.807) is 0 Å². The van der Waals surface area contributed by atoms with Crippen LogP contribution in [0.3, 0.4) is 0 Å². The van der Waals surface area contributed by atoms with Crippen molar-refractivity contribution in [3.05, 3.63) is 59.2 Å². The van der Waals surface area contributed by atoms with Gasteiger partial charge in [0.15, 0.2) is 5.78 Å². The van der Waals surface area contributed by atoms with Gasteiger partial charge in [0.2, 0.25) is 0 Å². The zero-order valence-electron chi connectivity index (χ0n) is 15.1. The Morgan fingerprint density at radius 3 is 2.89 bits per heavy atom. The number of carbonyl (C=O) groups is 1. The monoisotopic (exact) mass is 380 g/mol. The lowest BCUT2D eigenvalue weighted by Gasteiger charge is -2.06. The molecule has 0 N–H and O–H groups in total. The number of carbonyl (C=O) groups excluding carboxylic acids is 1. The summed E-state index contributed by atoms with van der Waals surface area (Å²) in [5.41, 5.74) is 4.18. The van der Waals surface area contributed by atoms with Crippen LogP contribution < -0.4 is 4.74 Å². The van der Waals surface area contributed by atoms with Gasteiger partial charge in [-0.2, -0.15) is 0 Å². The van der Waals surface area contributed by atoms with Gasteiger partial charge in [-0.1, -0.05) is 36.0 Å². The second kappa shape index (κ2) is 7.96. The van der Waals surface area contributed by atoms with E-state index in [-0.39, 0.29) is 11.5 Å². The van der Waals surface area contributed by atoms with Gasteiger partial charge < -0.3 is 9.15 Å². The van der Waals surface area contributed by atoms with Gasteiger partial charge in [-0.05, 0) is 55.5 Å². The van der Waals surface area contributed by atoms with Crippen LogP contribution in [0.2, 0.25) is 0 Å². The Labute approximate surface area is 162 Å². The maximum absolute atomic E-state index is 12.5. The lowest BCUT2D eigenvalue weighted by molar-refractivity contribution is 0.102. The predicted molar refractivity (Wildman–Crippen MR) is 104 cm³/mol. The molecule has 5 nitrogen and oxygen atoms in total. The first-order valence-corrected chi connectivity index (χ1v) is 10.1. The molecule has 4 rings (SSSR count). The van der Waals surface area contributed by atoms with Crippen LogP contribution in [0.5, 0.6) is 5.75 Å². The molecule has 27 heavy (non-hydrogen) atoms. The Bertz CT molecular complexity index is 968. The van der Waals surface area contributed by atoms with E-state index in [0.29, 0.717) is 23.5 Å². The summed E-state index contributed by atoms with van der Waals surface area (Å²) in [6, 6.07) is 13.6. The normalized spacial score (nSPS) is 12.8. The van der Waals surface area contributed by atoms with Crippen molar-refractivity contribution < 1.29 is 13.9 Å². The molecule has 2 aromatic carbocycles. The van der Waals surface area contributed by atoms with Crippen LogP contribution >= 0.6 is 11.8 Å². The average molecular weight is 380 g/mol. The van der Waals surface area contributed by atoms with Crippen molar-refractivity contribution in [3.63, 3.8) is 0 Å². The number of fused-ring (bicyclic) bond motifs is 1. The first kappa shape index (κ1) is 17.8.